The lowest BCUT2D eigenvalue weighted by atomic mass is 10.1. The summed E-state index contributed by atoms with van der Waals surface area (Å²) in [6.45, 7) is 5.21. The first-order chi connectivity index (χ1) is 9.97. The predicted molar refractivity (Wildman–Crippen MR) is 91.4 cm³/mol. The highest BCUT2D eigenvalue weighted by Crippen LogP contribution is 2.32. The van der Waals surface area contributed by atoms with Crippen LogP contribution in [-0.4, -0.2) is 13.2 Å². The molecule has 0 bridgehead atoms. The standard InChI is InChI=1S/C16H16Cl3NO/c1-10-3-4-11(2)16(7-10)21-6-5-20-15-9-13(18)12(17)8-14(15)19/h3-4,7-9,20H,5-6H2,1-2H3. The van der Waals surface area contributed by atoms with Crippen molar-refractivity contribution in [3.63, 3.8) is 0 Å². The van der Waals surface area contributed by atoms with E-state index in [1.165, 1.54) is 5.56 Å². The zero-order chi connectivity index (χ0) is 15.4. The first kappa shape index (κ1) is 16.3. The van der Waals surface area contributed by atoms with Gasteiger partial charge in [0.1, 0.15) is 12.4 Å². The first-order valence-corrected chi connectivity index (χ1v) is 7.69. The Labute approximate surface area is 140 Å². The number of nitrogens with one attached hydrogen (secondary N) is 1. The molecule has 2 aromatic rings. The second-order valence-corrected chi connectivity index (χ2v) is 6.01. The topological polar surface area (TPSA) is 21.3 Å². The van der Waals surface area contributed by atoms with Crippen LogP contribution < -0.4 is 10.1 Å². The lowest BCUT2D eigenvalue weighted by Gasteiger charge is -2.12. The molecular formula is C16H16Cl3NO. The molecule has 112 valence electrons. The van der Waals surface area contributed by atoms with Gasteiger partial charge in [-0.3, -0.25) is 0 Å². The molecule has 0 heterocycles. The number of hydrogen-bond acceptors (Lipinski definition) is 2. The molecule has 0 amide bonds. The Kier molecular flexibility index (Phi) is 5.63. The van der Waals surface area contributed by atoms with Crippen LogP contribution in [0.4, 0.5) is 5.69 Å². The lowest BCUT2D eigenvalue weighted by Crippen LogP contribution is -2.12. The summed E-state index contributed by atoms with van der Waals surface area (Å²) < 4.78 is 5.77. The van der Waals surface area contributed by atoms with E-state index in [0.717, 1.165) is 17.0 Å². The first-order valence-electron chi connectivity index (χ1n) is 6.56. The number of benzene rings is 2. The molecular weight excluding hydrogens is 329 g/mol. The highest BCUT2D eigenvalue weighted by molar-refractivity contribution is 6.44. The van der Waals surface area contributed by atoms with Crippen molar-refractivity contribution in [2.75, 3.05) is 18.5 Å². The fourth-order valence-electron chi connectivity index (χ4n) is 1.87. The number of halogens is 3. The van der Waals surface area contributed by atoms with Crippen molar-refractivity contribution in [1.29, 1.82) is 0 Å². The summed E-state index contributed by atoms with van der Waals surface area (Å²) >= 11 is 18.0. The Bertz CT molecular complexity index is 644. The zero-order valence-corrected chi connectivity index (χ0v) is 14.1. The van der Waals surface area contributed by atoms with E-state index in [1.54, 1.807) is 12.1 Å². The minimum atomic E-state index is 0.443. The van der Waals surface area contributed by atoms with Crippen LogP contribution in [0.25, 0.3) is 0 Å². The summed E-state index contributed by atoms with van der Waals surface area (Å²) in [5.74, 6) is 0.900. The maximum atomic E-state index is 6.10. The second kappa shape index (κ2) is 7.26. The van der Waals surface area contributed by atoms with Gasteiger partial charge in [-0.15, -0.1) is 0 Å². The molecule has 21 heavy (non-hydrogen) atoms. The summed E-state index contributed by atoms with van der Waals surface area (Å²) in [6, 6.07) is 9.48. The molecule has 0 aromatic heterocycles. The zero-order valence-electron chi connectivity index (χ0n) is 11.8. The monoisotopic (exact) mass is 343 g/mol. The molecule has 1 N–H and O–H groups in total. The van der Waals surface area contributed by atoms with Gasteiger partial charge < -0.3 is 10.1 Å². The van der Waals surface area contributed by atoms with Crippen LogP contribution in [0.3, 0.4) is 0 Å². The van der Waals surface area contributed by atoms with Crippen molar-refractivity contribution in [3.05, 3.63) is 56.5 Å². The normalized spacial score (nSPS) is 10.5. The van der Waals surface area contributed by atoms with Crippen molar-refractivity contribution < 1.29 is 4.74 Å². The average Bonchev–Trinajstić information content (AvgIpc) is 2.43. The highest BCUT2D eigenvalue weighted by Gasteiger charge is 2.06. The van der Waals surface area contributed by atoms with E-state index >= 15 is 0 Å². The van der Waals surface area contributed by atoms with Crippen LogP contribution >= 0.6 is 34.8 Å². The van der Waals surface area contributed by atoms with Crippen molar-refractivity contribution >= 4 is 40.5 Å². The third kappa shape index (κ3) is 4.44. The largest absolute Gasteiger partial charge is 0.491 e. The van der Waals surface area contributed by atoms with Crippen LogP contribution in [0, 0.1) is 13.8 Å². The molecule has 2 aromatic carbocycles. The summed E-state index contributed by atoms with van der Waals surface area (Å²) in [4.78, 5) is 0. The molecule has 0 aliphatic rings. The SMILES string of the molecule is Cc1ccc(C)c(OCCNc2cc(Cl)c(Cl)cc2Cl)c1. The Morgan fingerprint density at radius 1 is 0.952 bits per heavy atom. The summed E-state index contributed by atoms with van der Waals surface area (Å²) in [7, 11) is 0. The maximum absolute atomic E-state index is 6.10. The number of aryl methyl sites for hydroxylation is 2. The highest BCUT2D eigenvalue weighted by atomic mass is 35.5. The van der Waals surface area contributed by atoms with E-state index in [4.69, 9.17) is 39.5 Å². The maximum Gasteiger partial charge on any atom is 0.122 e. The van der Waals surface area contributed by atoms with Gasteiger partial charge in [0.25, 0.3) is 0 Å². The van der Waals surface area contributed by atoms with Gasteiger partial charge in [-0.1, -0.05) is 46.9 Å². The fourth-order valence-corrected chi connectivity index (χ4v) is 2.48. The minimum absolute atomic E-state index is 0.443. The molecule has 0 saturated heterocycles. The molecule has 0 aliphatic heterocycles. The van der Waals surface area contributed by atoms with E-state index in [1.807, 2.05) is 26.0 Å². The molecule has 0 atom stereocenters. The summed E-state index contributed by atoms with van der Waals surface area (Å²) in [6.07, 6.45) is 0. The third-order valence-electron chi connectivity index (χ3n) is 3.03. The molecule has 0 saturated carbocycles. The molecule has 0 unspecified atom stereocenters. The van der Waals surface area contributed by atoms with Gasteiger partial charge in [-0.05, 0) is 43.2 Å². The molecule has 0 fully saturated rings. The van der Waals surface area contributed by atoms with Gasteiger partial charge >= 0.3 is 0 Å². The molecule has 0 aliphatic carbocycles. The van der Waals surface area contributed by atoms with Crippen molar-refractivity contribution in [1.82, 2.24) is 0 Å². The molecule has 0 spiro atoms. The van der Waals surface area contributed by atoms with Gasteiger partial charge in [-0.25, -0.2) is 0 Å². The van der Waals surface area contributed by atoms with Crippen LogP contribution in [0.5, 0.6) is 5.75 Å². The molecule has 0 radical (unpaired) electrons. The fraction of sp³-hybridized carbons (Fsp3) is 0.250. The number of anilines is 1. The summed E-state index contributed by atoms with van der Waals surface area (Å²) in [5, 5.41) is 4.64. The van der Waals surface area contributed by atoms with E-state index < -0.39 is 0 Å². The molecule has 2 rings (SSSR count). The number of hydrogen-bond donors (Lipinski definition) is 1. The second-order valence-electron chi connectivity index (χ2n) is 4.79. The number of ether oxygens (including phenoxy) is 1. The average molecular weight is 345 g/mol. The minimum Gasteiger partial charge on any atom is -0.491 e. The van der Waals surface area contributed by atoms with Crippen molar-refractivity contribution in [3.8, 4) is 5.75 Å². The lowest BCUT2D eigenvalue weighted by molar-refractivity contribution is 0.330. The Morgan fingerprint density at radius 3 is 2.43 bits per heavy atom. The van der Waals surface area contributed by atoms with E-state index in [0.29, 0.717) is 28.2 Å². The van der Waals surface area contributed by atoms with Gasteiger partial charge in [-0.2, -0.15) is 0 Å². The van der Waals surface area contributed by atoms with Gasteiger partial charge in [0.2, 0.25) is 0 Å². The van der Waals surface area contributed by atoms with Crippen molar-refractivity contribution in [2.24, 2.45) is 0 Å². The van der Waals surface area contributed by atoms with Gasteiger partial charge in [0.05, 0.1) is 20.8 Å². The third-order valence-corrected chi connectivity index (χ3v) is 4.06. The van der Waals surface area contributed by atoms with Gasteiger partial charge in [0, 0.05) is 6.54 Å². The van der Waals surface area contributed by atoms with Crippen LogP contribution in [0.1, 0.15) is 11.1 Å². The van der Waals surface area contributed by atoms with Gasteiger partial charge in [0.15, 0.2) is 0 Å². The van der Waals surface area contributed by atoms with Crippen LogP contribution in [0.2, 0.25) is 15.1 Å². The van der Waals surface area contributed by atoms with E-state index in [2.05, 4.69) is 11.4 Å². The van der Waals surface area contributed by atoms with Crippen LogP contribution in [0.15, 0.2) is 30.3 Å². The quantitative estimate of drug-likeness (QED) is 0.550. The molecule has 5 heteroatoms. The Balaban J connectivity index is 1.90. The van der Waals surface area contributed by atoms with Crippen LogP contribution in [-0.2, 0) is 0 Å². The van der Waals surface area contributed by atoms with E-state index in [9.17, 15) is 0 Å². The Morgan fingerprint density at radius 2 is 1.67 bits per heavy atom. The smallest absolute Gasteiger partial charge is 0.122 e. The summed E-state index contributed by atoms with van der Waals surface area (Å²) in [5.41, 5.74) is 3.04. The Hall–Kier alpha value is -1.09. The van der Waals surface area contributed by atoms with Crippen molar-refractivity contribution in [2.45, 2.75) is 13.8 Å². The molecule has 2 nitrogen and oxygen atoms in total. The van der Waals surface area contributed by atoms with E-state index in [-0.39, 0.29) is 0 Å². The number of rotatable bonds is 5. The predicted octanol–water partition coefficient (Wildman–Crippen LogP) is 5.75.